The van der Waals surface area contributed by atoms with Crippen LogP contribution in [0.2, 0.25) is 0 Å². The summed E-state index contributed by atoms with van der Waals surface area (Å²) >= 11 is 0. The molecule has 0 radical (unpaired) electrons. The molecular formula is C22H21N5O3. The molecule has 8 heteroatoms. The Balaban J connectivity index is 1.37. The van der Waals surface area contributed by atoms with Crippen LogP contribution in [0.15, 0.2) is 54.7 Å². The number of nitrogens with one attached hydrogen (secondary N) is 1. The van der Waals surface area contributed by atoms with E-state index < -0.39 is 6.23 Å². The SMILES string of the molecule is O=C(c1ccc(-n2cc(C3=Cc4ccccc4NC3O)nn2)cc1)N1CCOCC1. The van der Waals surface area contributed by atoms with Gasteiger partial charge in [0.2, 0.25) is 0 Å². The number of benzene rings is 2. The van der Waals surface area contributed by atoms with Gasteiger partial charge in [0.15, 0.2) is 6.23 Å². The highest BCUT2D eigenvalue weighted by atomic mass is 16.5. The third-order valence-electron chi connectivity index (χ3n) is 5.32. The molecule has 1 atom stereocenters. The molecular weight excluding hydrogens is 382 g/mol. The lowest BCUT2D eigenvalue weighted by atomic mass is 10.0. The lowest BCUT2D eigenvalue weighted by Gasteiger charge is -2.26. The van der Waals surface area contributed by atoms with Crippen molar-refractivity contribution < 1.29 is 14.6 Å². The Morgan fingerprint density at radius 3 is 2.67 bits per heavy atom. The van der Waals surface area contributed by atoms with Crippen molar-refractivity contribution in [2.45, 2.75) is 6.23 Å². The number of rotatable bonds is 3. The summed E-state index contributed by atoms with van der Waals surface area (Å²) in [6, 6.07) is 15.0. The topological polar surface area (TPSA) is 92.5 Å². The van der Waals surface area contributed by atoms with Crippen molar-refractivity contribution in [3.05, 3.63) is 71.5 Å². The molecule has 2 aliphatic heterocycles. The minimum Gasteiger partial charge on any atom is -0.378 e. The molecule has 3 heterocycles. The van der Waals surface area contributed by atoms with Gasteiger partial charge in [-0.1, -0.05) is 23.4 Å². The summed E-state index contributed by atoms with van der Waals surface area (Å²) in [5, 5.41) is 21.9. The van der Waals surface area contributed by atoms with Crippen LogP contribution in [0.1, 0.15) is 21.6 Å². The lowest BCUT2D eigenvalue weighted by molar-refractivity contribution is 0.0303. The van der Waals surface area contributed by atoms with E-state index in [9.17, 15) is 9.90 Å². The number of morpholine rings is 1. The average Bonchev–Trinajstić information content (AvgIpc) is 3.29. The maximum atomic E-state index is 12.6. The standard InChI is InChI=1S/C22H21N5O3/c28-21-18(13-16-3-1-2-4-19(16)23-21)20-14-27(25-24-20)17-7-5-15(6-8-17)22(29)26-9-11-30-12-10-26/h1-8,13-14,21,23,28H,9-12H2. The Hall–Kier alpha value is -3.49. The molecule has 2 aromatic carbocycles. The minimum atomic E-state index is -0.862. The number of para-hydroxylation sites is 1. The van der Waals surface area contributed by atoms with Crippen LogP contribution in [0.4, 0.5) is 5.69 Å². The summed E-state index contributed by atoms with van der Waals surface area (Å²) in [5.41, 5.74) is 4.51. The number of anilines is 1. The molecule has 0 aliphatic carbocycles. The zero-order chi connectivity index (χ0) is 20.5. The van der Waals surface area contributed by atoms with E-state index in [0.717, 1.165) is 16.9 Å². The van der Waals surface area contributed by atoms with Gasteiger partial charge < -0.3 is 20.1 Å². The van der Waals surface area contributed by atoms with Gasteiger partial charge in [-0.15, -0.1) is 5.10 Å². The Morgan fingerprint density at radius 2 is 1.87 bits per heavy atom. The van der Waals surface area contributed by atoms with Gasteiger partial charge in [-0.2, -0.15) is 0 Å². The molecule has 152 valence electrons. The van der Waals surface area contributed by atoms with Crippen LogP contribution >= 0.6 is 0 Å². The van der Waals surface area contributed by atoms with Gasteiger partial charge in [0.25, 0.3) is 5.91 Å². The summed E-state index contributed by atoms with van der Waals surface area (Å²) in [6.07, 6.45) is 2.82. The molecule has 1 saturated heterocycles. The number of ether oxygens (including phenoxy) is 1. The number of carbonyl (C=O) groups excluding carboxylic acids is 1. The molecule has 1 unspecified atom stereocenters. The largest absolute Gasteiger partial charge is 0.378 e. The number of aromatic nitrogens is 3. The predicted octanol–water partition coefficient (Wildman–Crippen LogP) is 2.02. The molecule has 30 heavy (non-hydrogen) atoms. The fourth-order valence-corrected chi connectivity index (χ4v) is 3.67. The van der Waals surface area contributed by atoms with Crippen molar-refractivity contribution >= 4 is 23.2 Å². The summed E-state index contributed by atoms with van der Waals surface area (Å²) in [5.74, 6) is 0.00403. The maximum absolute atomic E-state index is 12.6. The van der Waals surface area contributed by atoms with E-state index in [-0.39, 0.29) is 5.91 Å². The van der Waals surface area contributed by atoms with Gasteiger partial charge >= 0.3 is 0 Å². The number of fused-ring (bicyclic) bond motifs is 1. The third-order valence-corrected chi connectivity index (χ3v) is 5.32. The van der Waals surface area contributed by atoms with Crippen LogP contribution in [0, 0.1) is 0 Å². The fourth-order valence-electron chi connectivity index (χ4n) is 3.67. The van der Waals surface area contributed by atoms with E-state index in [4.69, 9.17) is 4.74 Å². The highest BCUT2D eigenvalue weighted by Crippen LogP contribution is 2.30. The van der Waals surface area contributed by atoms with Crippen molar-refractivity contribution in [3.63, 3.8) is 0 Å². The first-order valence-corrected chi connectivity index (χ1v) is 9.84. The molecule has 2 N–H and O–H groups in total. The van der Waals surface area contributed by atoms with E-state index in [2.05, 4.69) is 15.6 Å². The third kappa shape index (κ3) is 3.47. The summed E-state index contributed by atoms with van der Waals surface area (Å²) < 4.78 is 6.93. The van der Waals surface area contributed by atoms with Gasteiger partial charge in [0.05, 0.1) is 25.1 Å². The van der Waals surface area contributed by atoms with Crippen LogP contribution in [0.5, 0.6) is 0 Å². The highest BCUT2D eigenvalue weighted by Gasteiger charge is 2.22. The van der Waals surface area contributed by atoms with Gasteiger partial charge in [-0.25, -0.2) is 4.68 Å². The smallest absolute Gasteiger partial charge is 0.254 e. The molecule has 0 bridgehead atoms. The maximum Gasteiger partial charge on any atom is 0.254 e. The predicted molar refractivity (Wildman–Crippen MR) is 112 cm³/mol. The second-order valence-electron chi connectivity index (χ2n) is 7.23. The Morgan fingerprint density at radius 1 is 1.10 bits per heavy atom. The zero-order valence-corrected chi connectivity index (χ0v) is 16.2. The first-order chi connectivity index (χ1) is 14.7. The van der Waals surface area contributed by atoms with Gasteiger partial charge in [-0.05, 0) is 42.0 Å². The van der Waals surface area contributed by atoms with Crippen molar-refractivity contribution in [1.82, 2.24) is 19.9 Å². The number of aliphatic hydroxyl groups excluding tert-OH is 1. The zero-order valence-electron chi connectivity index (χ0n) is 16.2. The second-order valence-corrected chi connectivity index (χ2v) is 7.23. The molecule has 2 aliphatic rings. The number of carbonyl (C=O) groups is 1. The quantitative estimate of drug-likeness (QED) is 0.695. The van der Waals surface area contributed by atoms with Crippen molar-refractivity contribution in [1.29, 1.82) is 0 Å². The van der Waals surface area contributed by atoms with Crippen LogP contribution in [0.3, 0.4) is 0 Å². The summed E-state index contributed by atoms with van der Waals surface area (Å²) in [4.78, 5) is 14.4. The van der Waals surface area contributed by atoms with Gasteiger partial charge in [-0.3, -0.25) is 4.79 Å². The second kappa shape index (κ2) is 7.74. The molecule has 1 fully saturated rings. The first-order valence-electron chi connectivity index (χ1n) is 9.84. The van der Waals surface area contributed by atoms with Gasteiger partial charge in [0, 0.05) is 29.9 Å². The van der Waals surface area contributed by atoms with Crippen LogP contribution in [-0.2, 0) is 4.74 Å². The highest BCUT2D eigenvalue weighted by molar-refractivity contribution is 5.94. The fraction of sp³-hybridized carbons (Fsp3) is 0.227. The van der Waals surface area contributed by atoms with Gasteiger partial charge in [0.1, 0.15) is 5.69 Å². The van der Waals surface area contributed by atoms with E-state index in [1.54, 1.807) is 27.9 Å². The number of hydrogen-bond acceptors (Lipinski definition) is 6. The number of hydrogen-bond donors (Lipinski definition) is 2. The normalized spacial score (nSPS) is 18.4. The lowest BCUT2D eigenvalue weighted by Crippen LogP contribution is -2.40. The minimum absolute atomic E-state index is 0.00403. The van der Waals surface area contributed by atoms with Crippen LogP contribution < -0.4 is 5.32 Å². The summed E-state index contributed by atoms with van der Waals surface area (Å²) in [7, 11) is 0. The van der Waals surface area contributed by atoms with Crippen molar-refractivity contribution in [2.24, 2.45) is 0 Å². The van der Waals surface area contributed by atoms with E-state index >= 15 is 0 Å². The Labute approximate surface area is 173 Å². The molecule has 0 saturated carbocycles. The van der Waals surface area contributed by atoms with E-state index in [0.29, 0.717) is 43.1 Å². The van der Waals surface area contributed by atoms with Crippen molar-refractivity contribution in [3.8, 4) is 5.69 Å². The Kier molecular flexibility index (Phi) is 4.78. The number of nitrogens with zero attached hydrogens (tertiary/aromatic N) is 4. The van der Waals surface area contributed by atoms with Crippen LogP contribution in [-0.4, -0.2) is 63.4 Å². The Bertz CT molecular complexity index is 1100. The molecule has 8 nitrogen and oxygen atoms in total. The monoisotopic (exact) mass is 403 g/mol. The summed E-state index contributed by atoms with van der Waals surface area (Å²) in [6.45, 7) is 2.38. The molecule has 3 aromatic rings. The average molecular weight is 403 g/mol. The van der Waals surface area contributed by atoms with E-state index in [1.165, 1.54) is 0 Å². The molecule has 1 amide bonds. The molecule has 0 spiro atoms. The van der Waals surface area contributed by atoms with Crippen molar-refractivity contribution in [2.75, 3.05) is 31.6 Å². The first kappa shape index (κ1) is 18.5. The number of amides is 1. The van der Waals surface area contributed by atoms with E-state index in [1.807, 2.05) is 42.5 Å². The van der Waals surface area contributed by atoms with Crippen LogP contribution in [0.25, 0.3) is 17.3 Å². The molecule has 5 rings (SSSR count). The number of aliphatic hydroxyl groups is 1. The molecule has 1 aromatic heterocycles.